The number of nitrogens with zero attached hydrogens (tertiary/aromatic N) is 4. The Morgan fingerprint density at radius 2 is 2.16 bits per heavy atom. The lowest BCUT2D eigenvalue weighted by Gasteiger charge is -2.33. The molecule has 1 saturated heterocycles. The van der Waals surface area contributed by atoms with E-state index in [2.05, 4.69) is 15.1 Å². The second kappa shape index (κ2) is 7.21. The number of carbonyl (C=O) groups is 1. The van der Waals surface area contributed by atoms with Crippen LogP contribution in [0.15, 0.2) is 17.2 Å². The van der Waals surface area contributed by atoms with Crippen molar-refractivity contribution in [2.24, 2.45) is 0 Å². The molecule has 1 atom stereocenters. The first-order valence-corrected chi connectivity index (χ1v) is 8.79. The largest absolute Gasteiger partial charge is 0.341 e. The average Bonchev–Trinajstić information content (AvgIpc) is 3.00. The molecule has 0 bridgehead atoms. The molecule has 0 aromatic carbocycles. The number of amides is 1. The second-order valence-electron chi connectivity index (χ2n) is 6.85. The Hall–Kier alpha value is -2.44. The number of aryl methyl sites for hydroxylation is 3. The summed E-state index contributed by atoms with van der Waals surface area (Å²) in [5, 5.41) is 4.38. The van der Waals surface area contributed by atoms with Crippen LogP contribution in [-0.2, 0) is 11.2 Å². The van der Waals surface area contributed by atoms with Gasteiger partial charge in [-0.2, -0.15) is 5.10 Å². The Morgan fingerprint density at radius 1 is 1.36 bits per heavy atom. The van der Waals surface area contributed by atoms with E-state index in [9.17, 15) is 9.59 Å². The quantitative estimate of drug-likeness (QED) is 0.915. The van der Waals surface area contributed by atoms with Crippen molar-refractivity contribution in [3.63, 3.8) is 0 Å². The summed E-state index contributed by atoms with van der Waals surface area (Å²) in [4.78, 5) is 33.6. The van der Waals surface area contributed by atoms with E-state index in [0.29, 0.717) is 36.5 Å². The van der Waals surface area contributed by atoms with Crippen LogP contribution in [0, 0.1) is 20.8 Å². The van der Waals surface area contributed by atoms with Gasteiger partial charge in [0, 0.05) is 37.0 Å². The number of likely N-dealkylation sites (tertiary alicyclic amines) is 1. The number of nitrogens with one attached hydrogen (secondary N) is 1. The van der Waals surface area contributed by atoms with Gasteiger partial charge < -0.3 is 9.88 Å². The Morgan fingerprint density at radius 3 is 2.84 bits per heavy atom. The molecule has 25 heavy (non-hydrogen) atoms. The van der Waals surface area contributed by atoms with Crippen LogP contribution < -0.4 is 5.56 Å². The Bertz CT molecular complexity index is 823. The van der Waals surface area contributed by atoms with E-state index in [1.165, 1.54) is 0 Å². The van der Waals surface area contributed by atoms with Crippen LogP contribution >= 0.6 is 0 Å². The normalized spacial score (nSPS) is 17.7. The van der Waals surface area contributed by atoms with Crippen LogP contribution in [0.25, 0.3) is 0 Å². The summed E-state index contributed by atoms with van der Waals surface area (Å²) in [7, 11) is 0. The molecule has 2 aromatic rings. The highest BCUT2D eigenvalue weighted by molar-refractivity contribution is 5.76. The highest BCUT2D eigenvalue weighted by atomic mass is 16.2. The zero-order chi connectivity index (χ0) is 18.0. The molecule has 2 aromatic heterocycles. The number of hydrogen-bond acceptors (Lipinski definition) is 4. The van der Waals surface area contributed by atoms with Crippen LogP contribution in [0.2, 0.25) is 0 Å². The van der Waals surface area contributed by atoms with Gasteiger partial charge in [0.1, 0.15) is 5.82 Å². The number of carbonyl (C=O) groups excluding carboxylic acids is 1. The lowest BCUT2D eigenvalue weighted by Crippen LogP contribution is -2.41. The summed E-state index contributed by atoms with van der Waals surface area (Å²) in [5.74, 6) is 0.693. The molecule has 1 aliphatic rings. The molecule has 0 saturated carbocycles. The Labute approximate surface area is 147 Å². The van der Waals surface area contributed by atoms with Crippen molar-refractivity contribution in [1.82, 2.24) is 24.6 Å². The van der Waals surface area contributed by atoms with Crippen LogP contribution in [-0.4, -0.2) is 43.6 Å². The second-order valence-corrected chi connectivity index (χ2v) is 6.85. The van der Waals surface area contributed by atoms with Crippen molar-refractivity contribution in [2.75, 3.05) is 13.1 Å². The van der Waals surface area contributed by atoms with Gasteiger partial charge in [0.25, 0.3) is 5.56 Å². The van der Waals surface area contributed by atoms with E-state index < -0.39 is 0 Å². The minimum Gasteiger partial charge on any atom is -0.341 e. The maximum absolute atomic E-state index is 12.6. The molecule has 1 aliphatic heterocycles. The van der Waals surface area contributed by atoms with E-state index in [4.69, 9.17) is 0 Å². The first-order chi connectivity index (χ1) is 11.9. The van der Waals surface area contributed by atoms with Crippen LogP contribution in [0.3, 0.4) is 0 Å². The summed E-state index contributed by atoms with van der Waals surface area (Å²) in [6.45, 7) is 7.05. The van der Waals surface area contributed by atoms with E-state index in [1.807, 2.05) is 35.8 Å². The zero-order valence-electron chi connectivity index (χ0n) is 15.1. The molecule has 3 heterocycles. The van der Waals surface area contributed by atoms with Gasteiger partial charge in [-0.1, -0.05) is 0 Å². The zero-order valence-corrected chi connectivity index (χ0v) is 15.1. The lowest BCUT2D eigenvalue weighted by atomic mass is 10.0. The number of piperidine rings is 1. The van der Waals surface area contributed by atoms with E-state index >= 15 is 0 Å². The Balaban J connectivity index is 1.62. The van der Waals surface area contributed by atoms with Crippen molar-refractivity contribution in [2.45, 2.75) is 52.5 Å². The molecule has 1 fully saturated rings. The molecule has 1 N–H and O–H groups in total. The lowest BCUT2D eigenvalue weighted by molar-refractivity contribution is -0.132. The molecule has 7 nitrogen and oxygen atoms in total. The van der Waals surface area contributed by atoms with Crippen molar-refractivity contribution in [3.8, 4) is 0 Å². The molecular formula is C18H25N5O2. The van der Waals surface area contributed by atoms with Crippen molar-refractivity contribution in [3.05, 3.63) is 45.4 Å². The molecule has 0 spiro atoms. The number of aromatic nitrogens is 4. The molecule has 134 valence electrons. The van der Waals surface area contributed by atoms with Gasteiger partial charge in [0.05, 0.1) is 12.2 Å². The fourth-order valence-corrected chi connectivity index (χ4v) is 3.47. The maximum Gasteiger partial charge on any atom is 0.254 e. The predicted molar refractivity (Wildman–Crippen MR) is 94.5 cm³/mol. The number of H-pyrrole nitrogens is 1. The van der Waals surface area contributed by atoms with Crippen LogP contribution in [0.1, 0.15) is 47.9 Å². The van der Waals surface area contributed by atoms with E-state index in [1.54, 1.807) is 6.92 Å². The third-order valence-corrected chi connectivity index (χ3v) is 4.78. The number of rotatable bonds is 4. The third-order valence-electron chi connectivity index (χ3n) is 4.78. The molecule has 0 radical (unpaired) electrons. The summed E-state index contributed by atoms with van der Waals surface area (Å²) < 4.78 is 1.97. The summed E-state index contributed by atoms with van der Waals surface area (Å²) in [5.41, 5.74) is 2.30. The molecule has 1 unspecified atom stereocenters. The molecular weight excluding hydrogens is 318 g/mol. The number of aromatic amines is 1. The highest BCUT2D eigenvalue weighted by Gasteiger charge is 2.25. The van der Waals surface area contributed by atoms with Crippen LogP contribution in [0.5, 0.6) is 0 Å². The summed E-state index contributed by atoms with van der Waals surface area (Å²) in [6, 6.07) is 0.234. The standard InChI is InChI=1S/C18H25N5O2/c1-12-9-19-23(10-12)15-5-4-8-22(11-15)17(24)7-6-16-13(2)20-14(3)21-18(16)25/h9-10,15H,4-8,11H2,1-3H3,(H,20,21,25). The van der Waals surface area contributed by atoms with Gasteiger partial charge >= 0.3 is 0 Å². The molecule has 3 rings (SSSR count). The number of hydrogen-bond donors (Lipinski definition) is 1. The third kappa shape index (κ3) is 3.97. The van der Waals surface area contributed by atoms with Gasteiger partial charge in [0.15, 0.2) is 0 Å². The smallest absolute Gasteiger partial charge is 0.254 e. The first kappa shape index (κ1) is 17.4. The summed E-state index contributed by atoms with van der Waals surface area (Å²) in [6.07, 6.45) is 6.64. The minimum atomic E-state index is -0.138. The van der Waals surface area contributed by atoms with Gasteiger partial charge in [0.2, 0.25) is 5.91 Å². The minimum absolute atomic E-state index is 0.0907. The maximum atomic E-state index is 12.6. The van der Waals surface area contributed by atoms with E-state index in [-0.39, 0.29) is 17.5 Å². The highest BCUT2D eigenvalue weighted by Crippen LogP contribution is 2.22. The van der Waals surface area contributed by atoms with Gasteiger partial charge in [-0.3, -0.25) is 14.3 Å². The molecule has 0 aliphatic carbocycles. The van der Waals surface area contributed by atoms with Gasteiger partial charge in [-0.25, -0.2) is 4.98 Å². The fraction of sp³-hybridized carbons (Fsp3) is 0.556. The van der Waals surface area contributed by atoms with Crippen molar-refractivity contribution in [1.29, 1.82) is 0 Å². The van der Waals surface area contributed by atoms with Crippen LogP contribution in [0.4, 0.5) is 0 Å². The molecule has 1 amide bonds. The van der Waals surface area contributed by atoms with Gasteiger partial charge in [-0.15, -0.1) is 0 Å². The molecule has 7 heteroatoms. The Kier molecular flexibility index (Phi) is 5.01. The summed E-state index contributed by atoms with van der Waals surface area (Å²) >= 11 is 0. The van der Waals surface area contributed by atoms with Crippen molar-refractivity contribution < 1.29 is 4.79 Å². The van der Waals surface area contributed by atoms with Gasteiger partial charge in [-0.05, 0) is 45.6 Å². The predicted octanol–water partition coefficient (Wildman–Crippen LogP) is 1.69. The first-order valence-electron chi connectivity index (χ1n) is 8.79. The monoisotopic (exact) mass is 343 g/mol. The topological polar surface area (TPSA) is 83.9 Å². The van der Waals surface area contributed by atoms with Crippen molar-refractivity contribution >= 4 is 5.91 Å². The van der Waals surface area contributed by atoms with E-state index in [0.717, 1.165) is 24.9 Å². The SMILES string of the molecule is Cc1cnn(C2CCCN(C(=O)CCc3c(C)nc(C)[nH]c3=O)C2)c1. The fourth-order valence-electron chi connectivity index (χ4n) is 3.47. The average molecular weight is 343 g/mol.